The lowest BCUT2D eigenvalue weighted by Gasteiger charge is -2.23. The molecule has 14 heavy (non-hydrogen) atoms. The van der Waals surface area contributed by atoms with E-state index in [9.17, 15) is 0 Å². The Balaban J connectivity index is 1.70. The number of alkyl halides is 1. The van der Waals surface area contributed by atoms with Gasteiger partial charge in [-0.25, -0.2) is 0 Å². The van der Waals surface area contributed by atoms with Gasteiger partial charge in [0, 0.05) is 25.0 Å². The molecule has 0 N–H and O–H groups in total. The first-order chi connectivity index (χ1) is 6.79. The van der Waals surface area contributed by atoms with Gasteiger partial charge >= 0.3 is 0 Å². The van der Waals surface area contributed by atoms with E-state index >= 15 is 0 Å². The fraction of sp³-hybridized carbons (Fsp3) is 1.00. The second-order valence-electron chi connectivity index (χ2n) is 5.62. The normalized spacial score (nSPS) is 48.4. The summed E-state index contributed by atoms with van der Waals surface area (Å²) >= 11 is 5.94. The van der Waals surface area contributed by atoms with Crippen molar-refractivity contribution in [2.24, 2.45) is 23.7 Å². The van der Waals surface area contributed by atoms with Gasteiger partial charge in [0.2, 0.25) is 0 Å². The summed E-state index contributed by atoms with van der Waals surface area (Å²) in [5.41, 5.74) is 0. The molecule has 0 aromatic rings. The molecule has 2 bridgehead atoms. The van der Waals surface area contributed by atoms with Crippen molar-refractivity contribution >= 4 is 11.6 Å². The van der Waals surface area contributed by atoms with Gasteiger partial charge in [-0.1, -0.05) is 0 Å². The number of hydrogen-bond acceptors (Lipinski definition) is 1. The smallest absolute Gasteiger partial charge is 0.0376 e. The molecule has 3 rings (SSSR count). The third kappa shape index (κ3) is 1.25. The monoisotopic (exact) mass is 213 g/mol. The average molecular weight is 214 g/mol. The van der Waals surface area contributed by atoms with Gasteiger partial charge in [0.05, 0.1) is 0 Å². The van der Waals surface area contributed by atoms with E-state index in [2.05, 4.69) is 11.8 Å². The van der Waals surface area contributed by atoms with Crippen molar-refractivity contribution in [2.75, 3.05) is 19.0 Å². The van der Waals surface area contributed by atoms with E-state index in [0.717, 1.165) is 29.6 Å². The van der Waals surface area contributed by atoms with Crippen molar-refractivity contribution in [3.05, 3.63) is 0 Å². The Hall–Kier alpha value is 0.250. The maximum absolute atomic E-state index is 5.94. The highest BCUT2D eigenvalue weighted by Crippen LogP contribution is 2.55. The molecule has 0 aromatic carbocycles. The van der Waals surface area contributed by atoms with E-state index in [0.29, 0.717) is 6.04 Å². The summed E-state index contributed by atoms with van der Waals surface area (Å²) in [4.78, 5) is 2.63. The first-order valence-corrected chi connectivity index (χ1v) is 6.63. The highest BCUT2D eigenvalue weighted by atomic mass is 35.5. The predicted octanol–water partition coefficient (Wildman–Crippen LogP) is 2.59. The van der Waals surface area contributed by atoms with Gasteiger partial charge in [-0.15, -0.1) is 11.6 Å². The van der Waals surface area contributed by atoms with Crippen LogP contribution in [0.4, 0.5) is 0 Å². The van der Waals surface area contributed by atoms with Crippen LogP contribution in [0.25, 0.3) is 0 Å². The zero-order chi connectivity index (χ0) is 9.71. The van der Waals surface area contributed by atoms with Crippen LogP contribution in [0.15, 0.2) is 0 Å². The third-order valence-electron chi connectivity index (χ3n) is 5.01. The van der Waals surface area contributed by atoms with E-state index in [1.165, 1.54) is 25.9 Å². The maximum Gasteiger partial charge on any atom is 0.0376 e. The summed E-state index contributed by atoms with van der Waals surface area (Å²) in [6, 6.07) is 0.599. The van der Waals surface area contributed by atoms with E-state index in [-0.39, 0.29) is 0 Å². The second kappa shape index (κ2) is 3.38. The van der Waals surface area contributed by atoms with Crippen LogP contribution in [-0.4, -0.2) is 29.9 Å². The van der Waals surface area contributed by atoms with Crippen molar-refractivity contribution in [1.82, 2.24) is 4.90 Å². The van der Waals surface area contributed by atoms with Crippen LogP contribution in [0, 0.1) is 23.7 Å². The van der Waals surface area contributed by atoms with Crippen LogP contribution < -0.4 is 0 Å². The molecule has 80 valence electrons. The molecule has 1 saturated heterocycles. The number of fused-ring (bicyclic) bond motifs is 5. The van der Waals surface area contributed by atoms with Gasteiger partial charge in [0.1, 0.15) is 0 Å². The van der Waals surface area contributed by atoms with Gasteiger partial charge in [-0.05, 0) is 49.9 Å². The number of rotatable bonds is 2. The lowest BCUT2D eigenvalue weighted by molar-refractivity contribution is 0.246. The Bertz CT molecular complexity index is 212. The molecule has 2 saturated carbocycles. The molecule has 1 heterocycles. The summed E-state index contributed by atoms with van der Waals surface area (Å²) in [6.07, 6.45) is 4.60. The minimum Gasteiger partial charge on any atom is -0.299 e. The van der Waals surface area contributed by atoms with Gasteiger partial charge in [-0.3, -0.25) is 4.90 Å². The van der Waals surface area contributed by atoms with Crippen molar-refractivity contribution in [2.45, 2.75) is 32.2 Å². The summed E-state index contributed by atoms with van der Waals surface area (Å²) in [7, 11) is 0. The first kappa shape index (κ1) is 9.47. The van der Waals surface area contributed by atoms with Crippen LogP contribution in [0.1, 0.15) is 26.2 Å². The second-order valence-corrected chi connectivity index (χ2v) is 5.93. The minimum atomic E-state index is 0.599. The van der Waals surface area contributed by atoms with Gasteiger partial charge < -0.3 is 0 Å². The lowest BCUT2D eigenvalue weighted by atomic mass is 9.82. The molecule has 0 radical (unpaired) electrons. The Morgan fingerprint density at radius 1 is 1.21 bits per heavy atom. The quantitative estimate of drug-likeness (QED) is 0.638. The summed E-state index contributed by atoms with van der Waals surface area (Å²) in [6.45, 7) is 4.97. The molecule has 0 unspecified atom stereocenters. The van der Waals surface area contributed by atoms with Crippen molar-refractivity contribution < 1.29 is 0 Å². The minimum absolute atomic E-state index is 0.599. The standard InChI is InChI=1S/C12H20ClN/c1-8(5-13)14-6-11-9-2-3-10(4-9)12(11)7-14/h8-12H,2-7H2,1H3/t8-,9-,10+,11+,12+/m1/s1. The van der Waals surface area contributed by atoms with Gasteiger partial charge in [0.25, 0.3) is 0 Å². The average Bonchev–Trinajstić information content (AvgIpc) is 2.87. The molecule has 0 spiro atoms. The van der Waals surface area contributed by atoms with Crippen molar-refractivity contribution in [3.63, 3.8) is 0 Å². The van der Waals surface area contributed by atoms with Crippen LogP contribution in [0.3, 0.4) is 0 Å². The van der Waals surface area contributed by atoms with Crippen molar-refractivity contribution in [3.8, 4) is 0 Å². The molecular formula is C12H20ClN. The highest BCUT2D eigenvalue weighted by Gasteiger charge is 2.51. The fourth-order valence-electron chi connectivity index (χ4n) is 4.17. The summed E-state index contributed by atoms with van der Waals surface area (Å²) < 4.78 is 0. The maximum atomic E-state index is 5.94. The summed E-state index contributed by atoms with van der Waals surface area (Å²) in [5.74, 6) is 5.04. The topological polar surface area (TPSA) is 3.24 Å². The van der Waals surface area contributed by atoms with E-state index in [4.69, 9.17) is 11.6 Å². The first-order valence-electron chi connectivity index (χ1n) is 6.09. The van der Waals surface area contributed by atoms with Crippen LogP contribution in [0.2, 0.25) is 0 Å². The van der Waals surface area contributed by atoms with Crippen LogP contribution >= 0.6 is 11.6 Å². The predicted molar refractivity (Wildman–Crippen MR) is 59.6 cm³/mol. The Morgan fingerprint density at radius 2 is 1.79 bits per heavy atom. The third-order valence-corrected chi connectivity index (χ3v) is 5.46. The molecule has 2 heteroatoms. The zero-order valence-corrected chi connectivity index (χ0v) is 9.71. The van der Waals surface area contributed by atoms with E-state index in [1.807, 2.05) is 0 Å². The highest BCUT2D eigenvalue weighted by molar-refractivity contribution is 6.18. The largest absolute Gasteiger partial charge is 0.299 e. The van der Waals surface area contributed by atoms with E-state index < -0.39 is 0 Å². The SMILES string of the molecule is C[C@H](CCl)N1C[C@H]2[C@@H]3CC[C@@H](C3)[C@@H]2C1. The molecule has 1 nitrogen and oxygen atoms in total. The molecule has 0 amide bonds. The molecule has 5 atom stereocenters. The summed E-state index contributed by atoms with van der Waals surface area (Å²) in [5, 5.41) is 0. The Kier molecular flexibility index (Phi) is 2.29. The molecule has 2 aliphatic carbocycles. The Morgan fingerprint density at radius 3 is 2.29 bits per heavy atom. The number of nitrogens with zero attached hydrogens (tertiary/aromatic N) is 1. The zero-order valence-electron chi connectivity index (χ0n) is 8.95. The number of likely N-dealkylation sites (tertiary alicyclic amines) is 1. The molecule has 0 aromatic heterocycles. The van der Waals surface area contributed by atoms with Crippen LogP contribution in [0.5, 0.6) is 0 Å². The Labute approximate surface area is 91.8 Å². The van der Waals surface area contributed by atoms with E-state index in [1.54, 1.807) is 6.42 Å². The molecule has 1 aliphatic heterocycles. The lowest BCUT2D eigenvalue weighted by Crippen LogP contribution is -2.33. The number of hydrogen-bond donors (Lipinski definition) is 0. The molecule has 3 aliphatic rings. The number of halogens is 1. The molecule has 3 fully saturated rings. The van der Waals surface area contributed by atoms with Gasteiger partial charge in [0.15, 0.2) is 0 Å². The molecular weight excluding hydrogens is 194 g/mol. The van der Waals surface area contributed by atoms with Crippen molar-refractivity contribution in [1.29, 1.82) is 0 Å². The fourth-order valence-corrected chi connectivity index (χ4v) is 4.37. The van der Waals surface area contributed by atoms with Gasteiger partial charge in [-0.2, -0.15) is 0 Å². The van der Waals surface area contributed by atoms with Crippen LogP contribution in [-0.2, 0) is 0 Å².